The third-order valence-electron chi connectivity index (χ3n) is 7.56. The Morgan fingerprint density at radius 1 is 0.769 bits per heavy atom. The van der Waals surface area contributed by atoms with Gasteiger partial charge in [-0.2, -0.15) is 5.26 Å². The van der Waals surface area contributed by atoms with E-state index in [1.165, 1.54) is 13.8 Å². The molecule has 1 aromatic rings. The van der Waals surface area contributed by atoms with Crippen molar-refractivity contribution in [3.8, 4) is 6.07 Å². The van der Waals surface area contributed by atoms with Crippen LogP contribution in [0, 0.1) is 23.2 Å². The molecule has 18 heteroatoms. The zero-order chi connectivity index (χ0) is 39.5. The minimum Gasteiger partial charge on any atom is -0.445 e. The number of aliphatic hydroxyl groups excluding tert-OH is 2. The van der Waals surface area contributed by atoms with E-state index in [1.54, 1.807) is 44.2 Å². The van der Waals surface area contributed by atoms with Crippen molar-refractivity contribution < 1.29 is 48.5 Å². The zero-order valence-electron chi connectivity index (χ0n) is 30.3. The molecule has 0 aromatic heterocycles. The van der Waals surface area contributed by atoms with Gasteiger partial charge in [-0.25, -0.2) is 4.79 Å². The highest BCUT2D eigenvalue weighted by Crippen LogP contribution is 2.10. The van der Waals surface area contributed by atoms with E-state index >= 15 is 0 Å². The number of ether oxygens (including phenoxy) is 1. The van der Waals surface area contributed by atoms with Gasteiger partial charge in [-0.05, 0) is 44.1 Å². The van der Waals surface area contributed by atoms with E-state index in [2.05, 4.69) is 31.9 Å². The molecule has 0 aliphatic rings. The van der Waals surface area contributed by atoms with Crippen molar-refractivity contribution in [1.29, 1.82) is 5.26 Å². The molecule has 0 saturated heterocycles. The van der Waals surface area contributed by atoms with E-state index in [9.17, 15) is 49.0 Å². The first-order valence-electron chi connectivity index (χ1n) is 16.9. The van der Waals surface area contributed by atoms with Gasteiger partial charge in [0.2, 0.25) is 35.4 Å². The predicted octanol–water partition coefficient (Wildman–Crippen LogP) is -1.41. The summed E-state index contributed by atoms with van der Waals surface area (Å²) in [5, 5.41) is 43.8. The third-order valence-corrected chi connectivity index (χ3v) is 7.56. The molecule has 288 valence electrons. The lowest BCUT2D eigenvalue weighted by molar-refractivity contribution is -0.136. The lowest BCUT2D eigenvalue weighted by atomic mass is 9.99. The monoisotopic (exact) mass is 732 g/mol. The summed E-state index contributed by atoms with van der Waals surface area (Å²) >= 11 is 0. The maximum atomic E-state index is 13.4. The Hall–Kier alpha value is -5.28. The number of primary amides is 1. The number of nitriles is 1. The Balaban J connectivity index is 2.89. The summed E-state index contributed by atoms with van der Waals surface area (Å²) in [4.78, 5) is 88.8. The topological polar surface area (TPSA) is 291 Å². The van der Waals surface area contributed by atoms with Crippen LogP contribution in [0.1, 0.15) is 66.4 Å². The Kier molecular flexibility index (Phi) is 19.4. The summed E-state index contributed by atoms with van der Waals surface area (Å²) < 4.78 is 5.08. The van der Waals surface area contributed by atoms with E-state index in [-0.39, 0.29) is 31.8 Å². The van der Waals surface area contributed by atoms with E-state index in [0.717, 1.165) is 0 Å². The number of rotatable bonds is 21. The molecule has 7 atom stereocenters. The molecule has 1 aromatic carbocycles. The van der Waals surface area contributed by atoms with Gasteiger partial charge in [-0.3, -0.25) is 28.8 Å². The number of hydrogen-bond acceptors (Lipinski definition) is 11. The number of nitrogens with one attached hydrogen (secondary N) is 6. The largest absolute Gasteiger partial charge is 0.445 e. The molecule has 1 rings (SSSR count). The Labute approximate surface area is 303 Å². The molecule has 0 bridgehead atoms. The van der Waals surface area contributed by atoms with Gasteiger partial charge in [0.25, 0.3) is 0 Å². The Morgan fingerprint density at radius 2 is 1.35 bits per heavy atom. The summed E-state index contributed by atoms with van der Waals surface area (Å²) in [6, 6.07) is 2.81. The number of carbonyl (C=O) groups excluding carboxylic acids is 7. The van der Waals surface area contributed by atoms with E-state index in [1.807, 2.05) is 19.9 Å². The molecule has 10 N–H and O–H groups in total. The average molecular weight is 733 g/mol. The van der Waals surface area contributed by atoms with Crippen LogP contribution in [-0.2, 0) is 40.1 Å². The molecule has 18 nitrogen and oxygen atoms in total. The van der Waals surface area contributed by atoms with Crippen LogP contribution in [-0.4, -0.2) is 101 Å². The van der Waals surface area contributed by atoms with Crippen molar-refractivity contribution in [2.45, 2.75) is 110 Å². The first-order chi connectivity index (χ1) is 24.4. The fourth-order valence-electron chi connectivity index (χ4n) is 4.64. The lowest BCUT2D eigenvalue weighted by Gasteiger charge is -2.28. The predicted molar refractivity (Wildman–Crippen MR) is 186 cm³/mol. The number of carbonyl (C=O) groups is 7. The summed E-state index contributed by atoms with van der Waals surface area (Å²) in [5.74, 6) is -5.41. The molecule has 0 saturated carbocycles. The van der Waals surface area contributed by atoms with Crippen molar-refractivity contribution >= 4 is 41.5 Å². The van der Waals surface area contributed by atoms with Gasteiger partial charge in [-0.1, -0.05) is 58.0 Å². The Morgan fingerprint density at radius 3 is 1.87 bits per heavy atom. The molecule has 0 aliphatic heterocycles. The van der Waals surface area contributed by atoms with Gasteiger partial charge in [0, 0.05) is 6.42 Å². The molecule has 0 radical (unpaired) electrons. The summed E-state index contributed by atoms with van der Waals surface area (Å²) in [7, 11) is 0. The van der Waals surface area contributed by atoms with Crippen LogP contribution in [0.4, 0.5) is 4.79 Å². The van der Waals surface area contributed by atoms with Gasteiger partial charge in [0.15, 0.2) is 0 Å². The first kappa shape index (κ1) is 44.7. The number of hydrogen-bond donors (Lipinski definition) is 9. The van der Waals surface area contributed by atoms with Gasteiger partial charge < -0.3 is 52.6 Å². The van der Waals surface area contributed by atoms with Gasteiger partial charge in [0.1, 0.15) is 42.9 Å². The fourth-order valence-corrected chi connectivity index (χ4v) is 4.64. The quantitative estimate of drug-likeness (QED) is 0.0708. The van der Waals surface area contributed by atoms with Crippen LogP contribution < -0.4 is 37.6 Å². The van der Waals surface area contributed by atoms with Gasteiger partial charge in [-0.15, -0.1) is 0 Å². The van der Waals surface area contributed by atoms with E-state index < -0.39 is 96.4 Å². The second-order valence-electron chi connectivity index (χ2n) is 13.0. The number of aliphatic hydroxyl groups is 2. The van der Waals surface area contributed by atoms with Crippen molar-refractivity contribution in [3.63, 3.8) is 0 Å². The average Bonchev–Trinajstić information content (AvgIpc) is 3.08. The van der Waals surface area contributed by atoms with E-state index in [4.69, 9.17) is 10.5 Å². The molecule has 0 aliphatic carbocycles. The molecule has 0 heterocycles. The molecule has 7 amide bonds. The van der Waals surface area contributed by atoms with Crippen LogP contribution in [0.2, 0.25) is 0 Å². The molecular weight excluding hydrogens is 680 g/mol. The van der Waals surface area contributed by atoms with Crippen molar-refractivity contribution in [3.05, 3.63) is 35.9 Å². The molecule has 0 fully saturated rings. The highest BCUT2D eigenvalue weighted by molar-refractivity contribution is 5.96. The van der Waals surface area contributed by atoms with Crippen LogP contribution in [0.5, 0.6) is 0 Å². The van der Waals surface area contributed by atoms with Crippen molar-refractivity contribution in [2.75, 3.05) is 6.61 Å². The summed E-state index contributed by atoms with van der Waals surface area (Å²) in [6.07, 6.45) is -2.42. The summed E-state index contributed by atoms with van der Waals surface area (Å²) in [5.41, 5.74) is 5.81. The lowest BCUT2D eigenvalue weighted by Crippen LogP contribution is -2.61. The highest BCUT2D eigenvalue weighted by Gasteiger charge is 2.33. The second-order valence-corrected chi connectivity index (χ2v) is 13.0. The molecular formula is C34H52N8O10. The zero-order valence-corrected chi connectivity index (χ0v) is 30.3. The smallest absolute Gasteiger partial charge is 0.408 e. The fraction of sp³-hybridized carbons (Fsp3) is 0.588. The standard InChI is InChI=1S/C34H52N8O10/c1-18(2)14-24(30(47)38-23(15-35)12-13-26(36)45)39-32(49)27(19(3)4)41-29(46)20(5)37-31(48)25(16-43)40-33(50)28(21(6)44)42-34(51)52-17-22-10-8-7-9-11-22/h7-11,18-21,23-25,27-28,43-44H,12-14,16-17H2,1-6H3,(H2,36,45)(H,37,48)(H,38,47)(H,39,49)(H,40,50)(H,41,46)(H,42,51)/t20-,21+,23+,24-,25+,27+,28?/m1/s1. The van der Waals surface area contributed by atoms with Crippen LogP contribution in [0.3, 0.4) is 0 Å². The molecule has 52 heavy (non-hydrogen) atoms. The van der Waals surface area contributed by atoms with Crippen LogP contribution in [0.15, 0.2) is 30.3 Å². The number of alkyl carbamates (subject to hydrolysis) is 1. The van der Waals surface area contributed by atoms with Crippen molar-refractivity contribution in [1.82, 2.24) is 31.9 Å². The number of nitrogens with zero attached hydrogens (tertiary/aromatic N) is 1. The van der Waals surface area contributed by atoms with Crippen LogP contribution in [0.25, 0.3) is 0 Å². The van der Waals surface area contributed by atoms with E-state index in [0.29, 0.717) is 5.56 Å². The second kappa shape index (κ2) is 22.5. The normalized spacial score (nSPS) is 14.9. The minimum absolute atomic E-state index is 0.0170. The van der Waals surface area contributed by atoms with Gasteiger partial charge in [0.05, 0.1) is 18.8 Å². The Bertz CT molecular complexity index is 1420. The number of nitrogens with two attached hydrogens (primary N) is 1. The molecule has 0 spiro atoms. The minimum atomic E-state index is -1.61. The first-order valence-corrected chi connectivity index (χ1v) is 16.9. The summed E-state index contributed by atoms with van der Waals surface area (Å²) in [6.45, 7) is 8.40. The SMILES string of the molecule is CC(C)C[C@@H](NC(=O)[C@@H](NC(=O)[C@@H](C)NC(=O)[C@H](CO)NC(=O)C(NC(=O)OCc1ccccc1)[C@H](C)O)C(C)C)C(=O)N[C@H](C#N)CCC(N)=O. The third kappa shape index (κ3) is 16.2. The highest BCUT2D eigenvalue weighted by atomic mass is 16.5. The number of benzene rings is 1. The van der Waals surface area contributed by atoms with Crippen molar-refractivity contribution in [2.24, 2.45) is 17.6 Å². The van der Waals surface area contributed by atoms with Crippen LogP contribution >= 0.6 is 0 Å². The molecule has 1 unspecified atom stereocenters. The number of amides is 7. The maximum absolute atomic E-state index is 13.4. The maximum Gasteiger partial charge on any atom is 0.408 e. The van der Waals surface area contributed by atoms with Gasteiger partial charge >= 0.3 is 6.09 Å².